The molecule has 1 heterocycles. The van der Waals surface area contributed by atoms with Crippen molar-refractivity contribution < 1.29 is 4.42 Å². The van der Waals surface area contributed by atoms with Crippen molar-refractivity contribution in [3.8, 4) is 0 Å². The standard InChI is InChI=1S/C15H22N2OS/c1-14(2,3)17(15(4,5)6)19-13-16-11-9-7-8-10-12(11)18-13/h7-10H,1-6H3. The molecule has 0 N–H and O–H groups in total. The van der Waals surface area contributed by atoms with E-state index in [9.17, 15) is 0 Å². The molecule has 2 rings (SSSR count). The van der Waals surface area contributed by atoms with Gasteiger partial charge in [-0.25, -0.2) is 9.29 Å². The largest absolute Gasteiger partial charge is 0.430 e. The molecular formula is C15H22N2OS. The number of hydrogen-bond donors (Lipinski definition) is 0. The van der Waals surface area contributed by atoms with E-state index in [4.69, 9.17) is 4.42 Å². The number of rotatable bonds is 2. The van der Waals surface area contributed by atoms with Gasteiger partial charge in [0.1, 0.15) is 5.52 Å². The Bertz CT molecular complexity index is 516. The Morgan fingerprint density at radius 1 is 1.00 bits per heavy atom. The summed E-state index contributed by atoms with van der Waals surface area (Å²) in [7, 11) is 0. The maximum Gasteiger partial charge on any atom is 0.272 e. The van der Waals surface area contributed by atoms with Crippen LogP contribution in [-0.4, -0.2) is 20.4 Å². The van der Waals surface area contributed by atoms with E-state index < -0.39 is 0 Å². The van der Waals surface area contributed by atoms with Gasteiger partial charge in [0.05, 0.1) is 0 Å². The van der Waals surface area contributed by atoms with Crippen LogP contribution >= 0.6 is 11.9 Å². The Morgan fingerprint density at radius 3 is 2.11 bits per heavy atom. The van der Waals surface area contributed by atoms with Gasteiger partial charge in [0, 0.05) is 23.0 Å². The van der Waals surface area contributed by atoms with Gasteiger partial charge in [-0.05, 0) is 53.7 Å². The van der Waals surface area contributed by atoms with Crippen molar-refractivity contribution in [3.63, 3.8) is 0 Å². The first-order valence-electron chi connectivity index (χ1n) is 6.52. The molecule has 0 aliphatic carbocycles. The molecule has 0 aliphatic heterocycles. The third kappa shape index (κ3) is 3.31. The third-order valence-corrected chi connectivity index (χ3v) is 4.27. The Balaban J connectivity index is 2.31. The minimum absolute atomic E-state index is 0.0313. The zero-order valence-electron chi connectivity index (χ0n) is 12.5. The predicted molar refractivity (Wildman–Crippen MR) is 81.2 cm³/mol. The molecule has 0 saturated heterocycles. The molecule has 0 bridgehead atoms. The van der Waals surface area contributed by atoms with E-state index in [0.717, 1.165) is 11.1 Å². The van der Waals surface area contributed by atoms with Crippen LogP contribution in [0, 0.1) is 0 Å². The molecule has 0 saturated carbocycles. The van der Waals surface area contributed by atoms with Crippen LogP contribution in [0.5, 0.6) is 0 Å². The second-order valence-corrected chi connectivity index (χ2v) is 7.57. The first-order chi connectivity index (χ1) is 8.68. The Hall–Kier alpha value is -1.00. The second-order valence-electron chi connectivity index (χ2n) is 6.67. The van der Waals surface area contributed by atoms with Gasteiger partial charge in [0.15, 0.2) is 5.58 Å². The molecule has 104 valence electrons. The van der Waals surface area contributed by atoms with E-state index in [1.807, 2.05) is 24.3 Å². The zero-order valence-corrected chi connectivity index (χ0v) is 13.3. The van der Waals surface area contributed by atoms with Crippen LogP contribution in [0.15, 0.2) is 33.9 Å². The highest BCUT2D eigenvalue weighted by Gasteiger charge is 2.33. The number of hydrogen-bond acceptors (Lipinski definition) is 4. The number of aromatic nitrogens is 1. The average Bonchev–Trinajstić information content (AvgIpc) is 2.65. The lowest BCUT2D eigenvalue weighted by Gasteiger charge is -2.42. The van der Waals surface area contributed by atoms with Crippen molar-refractivity contribution in [2.24, 2.45) is 0 Å². The summed E-state index contributed by atoms with van der Waals surface area (Å²) < 4.78 is 8.12. The summed E-state index contributed by atoms with van der Waals surface area (Å²) in [6, 6.07) is 7.87. The summed E-state index contributed by atoms with van der Waals surface area (Å²) in [5.74, 6) is 0. The van der Waals surface area contributed by atoms with Gasteiger partial charge in [-0.1, -0.05) is 12.1 Å². The number of benzene rings is 1. The van der Waals surface area contributed by atoms with Gasteiger partial charge in [-0.2, -0.15) is 0 Å². The Morgan fingerprint density at radius 2 is 1.58 bits per heavy atom. The average molecular weight is 278 g/mol. The molecule has 1 aromatic heterocycles. The summed E-state index contributed by atoms with van der Waals surface area (Å²) in [5, 5.41) is 0.700. The van der Waals surface area contributed by atoms with Crippen molar-refractivity contribution in [3.05, 3.63) is 24.3 Å². The second kappa shape index (κ2) is 4.84. The molecule has 0 aliphatic rings. The van der Waals surface area contributed by atoms with Crippen molar-refractivity contribution in [2.75, 3.05) is 0 Å². The summed E-state index contributed by atoms with van der Waals surface area (Å²) in [4.78, 5) is 4.53. The monoisotopic (exact) mass is 278 g/mol. The lowest BCUT2D eigenvalue weighted by Crippen LogP contribution is -2.47. The Labute approximate surface area is 119 Å². The molecule has 0 atom stereocenters. The molecule has 2 aromatic rings. The van der Waals surface area contributed by atoms with E-state index in [1.54, 1.807) is 11.9 Å². The van der Waals surface area contributed by atoms with Crippen LogP contribution in [0.3, 0.4) is 0 Å². The molecule has 0 unspecified atom stereocenters. The minimum atomic E-state index is 0.0313. The number of oxazole rings is 1. The van der Waals surface area contributed by atoms with Crippen LogP contribution in [0.2, 0.25) is 0 Å². The predicted octanol–water partition coefficient (Wildman–Crippen LogP) is 4.73. The first-order valence-corrected chi connectivity index (χ1v) is 7.29. The highest BCUT2D eigenvalue weighted by Crippen LogP contribution is 2.37. The fourth-order valence-electron chi connectivity index (χ4n) is 2.25. The molecule has 1 aromatic carbocycles. The van der Waals surface area contributed by atoms with Gasteiger partial charge >= 0.3 is 0 Å². The van der Waals surface area contributed by atoms with Crippen LogP contribution in [-0.2, 0) is 0 Å². The first kappa shape index (κ1) is 14.4. The SMILES string of the molecule is CC(C)(C)N(Sc1nc2ccccc2o1)C(C)(C)C. The molecule has 0 spiro atoms. The molecule has 19 heavy (non-hydrogen) atoms. The fourth-order valence-corrected chi connectivity index (χ4v) is 3.22. The highest BCUT2D eigenvalue weighted by atomic mass is 32.2. The summed E-state index contributed by atoms with van der Waals surface area (Å²) in [6.07, 6.45) is 0. The van der Waals surface area contributed by atoms with Gasteiger partial charge in [-0.3, -0.25) is 0 Å². The minimum Gasteiger partial charge on any atom is -0.430 e. The van der Waals surface area contributed by atoms with E-state index in [1.165, 1.54) is 0 Å². The normalized spacial score (nSPS) is 13.4. The zero-order chi connectivity index (χ0) is 14.3. The maximum atomic E-state index is 5.80. The highest BCUT2D eigenvalue weighted by molar-refractivity contribution is 7.96. The fraction of sp³-hybridized carbons (Fsp3) is 0.533. The van der Waals surface area contributed by atoms with Gasteiger partial charge in [0.25, 0.3) is 5.22 Å². The van der Waals surface area contributed by atoms with Crippen LogP contribution in [0.4, 0.5) is 0 Å². The maximum absolute atomic E-state index is 5.80. The number of fused-ring (bicyclic) bond motifs is 1. The van der Waals surface area contributed by atoms with E-state index in [2.05, 4.69) is 50.8 Å². The number of nitrogens with zero attached hydrogens (tertiary/aromatic N) is 2. The van der Waals surface area contributed by atoms with Crippen molar-refractivity contribution in [1.82, 2.24) is 9.29 Å². The van der Waals surface area contributed by atoms with Crippen molar-refractivity contribution in [1.29, 1.82) is 0 Å². The van der Waals surface area contributed by atoms with Crippen molar-refractivity contribution >= 4 is 23.0 Å². The number of para-hydroxylation sites is 2. The summed E-state index contributed by atoms with van der Waals surface area (Å²) in [6.45, 7) is 13.2. The molecular weight excluding hydrogens is 256 g/mol. The van der Waals surface area contributed by atoms with Gasteiger partial charge in [0.2, 0.25) is 0 Å². The molecule has 0 amide bonds. The van der Waals surface area contributed by atoms with Gasteiger partial charge in [-0.15, -0.1) is 0 Å². The van der Waals surface area contributed by atoms with Crippen LogP contribution in [0.25, 0.3) is 11.1 Å². The lowest BCUT2D eigenvalue weighted by molar-refractivity contribution is 0.155. The van der Waals surface area contributed by atoms with Crippen molar-refractivity contribution in [2.45, 2.75) is 57.8 Å². The van der Waals surface area contributed by atoms with Gasteiger partial charge < -0.3 is 4.42 Å². The molecule has 0 fully saturated rings. The molecule has 3 nitrogen and oxygen atoms in total. The van der Waals surface area contributed by atoms with E-state index >= 15 is 0 Å². The van der Waals surface area contributed by atoms with E-state index in [-0.39, 0.29) is 11.1 Å². The summed E-state index contributed by atoms with van der Waals surface area (Å²) >= 11 is 1.58. The quantitative estimate of drug-likeness (QED) is 0.742. The topological polar surface area (TPSA) is 29.3 Å². The lowest BCUT2D eigenvalue weighted by atomic mass is 10.0. The smallest absolute Gasteiger partial charge is 0.272 e. The molecule has 4 heteroatoms. The summed E-state index contributed by atoms with van der Waals surface area (Å²) in [5.41, 5.74) is 1.81. The van der Waals surface area contributed by atoms with E-state index in [0.29, 0.717) is 5.22 Å². The van der Waals surface area contributed by atoms with Crippen LogP contribution < -0.4 is 0 Å². The van der Waals surface area contributed by atoms with Crippen LogP contribution in [0.1, 0.15) is 41.5 Å². The Kier molecular flexibility index (Phi) is 3.67. The third-order valence-electron chi connectivity index (χ3n) is 2.66. The molecule has 0 radical (unpaired) electrons.